The first-order valence-corrected chi connectivity index (χ1v) is 4.89. The van der Waals surface area contributed by atoms with Crippen molar-refractivity contribution in [1.82, 2.24) is 0 Å². The SMILES string of the molecule is O=C(OCCO)c1cccc(OCCO)c1. The molecule has 0 saturated carbocycles. The van der Waals surface area contributed by atoms with Gasteiger partial charge in [0, 0.05) is 0 Å². The van der Waals surface area contributed by atoms with Crippen LogP contribution in [-0.4, -0.2) is 42.6 Å². The van der Waals surface area contributed by atoms with Gasteiger partial charge in [0.2, 0.25) is 0 Å². The molecular weight excluding hydrogens is 212 g/mol. The zero-order valence-corrected chi connectivity index (χ0v) is 8.76. The van der Waals surface area contributed by atoms with Gasteiger partial charge in [-0.3, -0.25) is 0 Å². The maximum absolute atomic E-state index is 11.4. The molecule has 0 atom stereocenters. The van der Waals surface area contributed by atoms with Crippen LogP contribution in [0.25, 0.3) is 0 Å². The molecule has 88 valence electrons. The molecule has 5 nitrogen and oxygen atoms in total. The Kier molecular flexibility index (Phi) is 5.31. The minimum absolute atomic E-state index is 0.0272. The molecule has 1 rings (SSSR count). The Morgan fingerprint density at radius 1 is 1.19 bits per heavy atom. The molecule has 0 unspecified atom stereocenters. The van der Waals surface area contributed by atoms with Crippen LogP contribution in [0.2, 0.25) is 0 Å². The summed E-state index contributed by atoms with van der Waals surface area (Å²) >= 11 is 0. The summed E-state index contributed by atoms with van der Waals surface area (Å²) in [6, 6.07) is 6.45. The predicted octanol–water partition coefficient (Wildman–Crippen LogP) is 0.207. The summed E-state index contributed by atoms with van der Waals surface area (Å²) in [5, 5.41) is 17.1. The minimum Gasteiger partial charge on any atom is -0.491 e. The standard InChI is InChI=1S/C11H14O5/c12-4-6-15-10-3-1-2-9(8-10)11(14)16-7-5-13/h1-3,8,12-13H,4-7H2. The third-order valence-corrected chi connectivity index (χ3v) is 1.75. The molecule has 2 N–H and O–H groups in total. The number of hydrogen-bond acceptors (Lipinski definition) is 5. The summed E-state index contributed by atoms with van der Waals surface area (Å²) in [6.45, 7) is -0.138. The van der Waals surface area contributed by atoms with Crippen LogP contribution in [0.1, 0.15) is 10.4 Å². The van der Waals surface area contributed by atoms with E-state index in [2.05, 4.69) is 0 Å². The van der Waals surface area contributed by atoms with Crippen molar-refractivity contribution in [2.75, 3.05) is 26.4 Å². The molecule has 0 aliphatic rings. The molecule has 0 fully saturated rings. The number of carbonyl (C=O) groups excluding carboxylic acids is 1. The average molecular weight is 226 g/mol. The maximum atomic E-state index is 11.4. The summed E-state index contributed by atoms with van der Waals surface area (Å²) in [6.07, 6.45) is 0. The van der Waals surface area contributed by atoms with E-state index in [0.29, 0.717) is 11.3 Å². The fraction of sp³-hybridized carbons (Fsp3) is 0.364. The van der Waals surface area contributed by atoms with Crippen molar-refractivity contribution < 1.29 is 24.5 Å². The van der Waals surface area contributed by atoms with Crippen LogP contribution in [-0.2, 0) is 4.74 Å². The van der Waals surface area contributed by atoms with Gasteiger partial charge in [-0.15, -0.1) is 0 Å². The van der Waals surface area contributed by atoms with Gasteiger partial charge in [-0.2, -0.15) is 0 Å². The van der Waals surface area contributed by atoms with Gasteiger partial charge in [-0.1, -0.05) is 6.07 Å². The molecule has 1 aromatic rings. The fourth-order valence-corrected chi connectivity index (χ4v) is 1.10. The number of hydrogen-bond donors (Lipinski definition) is 2. The van der Waals surface area contributed by atoms with E-state index in [0.717, 1.165) is 0 Å². The predicted molar refractivity (Wildman–Crippen MR) is 56.4 cm³/mol. The van der Waals surface area contributed by atoms with Crippen molar-refractivity contribution >= 4 is 5.97 Å². The van der Waals surface area contributed by atoms with Crippen molar-refractivity contribution in [2.24, 2.45) is 0 Å². The summed E-state index contributed by atoms with van der Waals surface area (Å²) < 4.78 is 9.89. The number of benzene rings is 1. The summed E-state index contributed by atoms with van der Waals surface area (Å²) in [7, 11) is 0. The minimum atomic E-state index is -0.511. The third kappa shape index (κ3) is 3.88. The van der Waals surface area contributed by atoms with Gasteiger partial charge in [0.1, 0.15) is 19.0 Å². The summed E-state index contributed by atoms with van der Waals surface area (Å²) in [5.41, 5.74) is 0.351. The lowest BCUT2D eigenvalue weighted by atomic mass is 10.2. The molecule has 0 aliphatic carbocycles. The normalized spacial score (nSPS) is 9.88. The van der Waals surface area contributed by atoms with E-state index in [1.54, 1.807) is 18.2 Å². The number of carbonyl (C=O) groups is 1. The van der Waals surface area contributed by atoms with Crippen LogP contribution in [0.15, 0.2) is 24.3 Å². The zero-order valence-electron chi connectivity index (χ0n) is 8.76. The Hall–Kier alpha value is -1.59. The number of ether oxygens (including phenoxy) is 2. The highest BCUT2D eigenvalue weighted by Crippen LogP contribution is 2.13. The highest BCUT2D eigenvalue weighted by molar-refractivity contribution is 5.89. The van der Waals surface area contributed by atoms with E-state index in [1.807, 2.05) is 0 Å². The van der Waals surface area contributed by atoms with Crippen molar-refractivity contribution in [3.63, 3.8) is 0 Å². The topological polar surface area (TPSA) is 76.0 Å². The van der Waals surface area contributed by atoms with Crippen LogP contribution in [0, 0.1) is 0 Å². The van der Waals surface area contributed by atoms with Gasteiger partial charge < -0.3 is 19.7 Å². The number of aliphatic hydroxyl groups excluding tert-OH is 2. The Labute approximate surface area is 93.2 Å². The lowest BCUT2D eigenvalue weighted by Crippen LogP contribution is -2.09. The van der Waals surface area contributed by atoms with Crippen LogP contribution >= 0.6 is 0 Å². The molecule has 0 amide bonds. The quantitative estimate of drug-likeness (QED) is 0.678. The first-order chi connectivity index (χ1) is 7.77. The molecular formula is C11H14O5. The van der Waals surface area contributed by atoms with E-state index in [9.17, 15) is 4.79 Å². The maximum Gasteiger partial charge on any atom is 0.338 e. The van der Waals surface area contributed by atoms with Crippen LogP contribution in [0.5, 0.6) is 5.75 Å². The molecule has 1 aromatic carbocycles. The van der Waals surface area contributed by atoms with E-state index in [4.69, 9.17) is 19.7 Å². The average Bonchev–Trinajstić information content (AvgIpc) is 2.33. The summed E-state index contributed by atoms with van der Waals surface area (Å²) in [4.78, 5) is 11.4. The van der Waals surface area contributed by atoms with E-state index >= 15 is 0 Å². The number of rotatable bonds is 6. The van der Waals surface area contributed by atoms with Crippen molar-refractivity contribution in [3.8, 4) is 5.75 Å². The van der Waals surface area contributed by atoms with Gasteiger partial charge in [0.25, 0.3) is 0 Å². The fourth-order valence-electron chi connectivity index (χ4n) is 1.10. The lowest BCUT2D eigenvalue weighted by Gasteiger charge is -2.06. The second-order valence-electron chi connectivity index (χ2n) is 2.96. The first kappa shape index (κ1) is 12.5. The lowest BCUT2D eigenvalue weighted by molar-refractivity contribution is 0.0433. The van der Waals surface area contributed by atoms with Crippen LogP contribution in [0.4, 0.5) is 0 Å². The monoisotopic (exact) mass is 226 g/mol. The molecule has 0 spiro atoms. The number of aliphatic hydroxyl groups is 2. The molecule has 0 radical (unpaired) electrons. The Morgan fingerprint density at radius 3 is 2.62 bits per heavy atom. The Balaban J connectivity index is 2.62. The van der Waals surface area contributed by atoms with Gasteiger partial charge in [0.05, 0.1) is 18.8 Å². The van der Waals surface area contributed by atoms with Crippen molar-refractivity contribution in [2.45, 2.75) is 0 Å². The highest BCUT2D eigenvalue weighted by Gasteiger charge is 2.07. The Morgan fingerprint density at radius 2 is 1.94 bits per heavy atom. The van der Waals surface area contributed by atoms with Crippen molar-refractivity contribution in [1.29, 1.82) is 0 Å². The second-order valence-corrected chi connectivity index (χ2v) is 2.96. The largest absolute Gasteiger partial charge is 0.491 e. The van der Waals surface area contributed by atoms with Gasteiger partial charge in [-0.25, -0.2) is 4.79 Å². The zero-order chi connectivity index (χ0) is 11.8. The van der Waals surface area contributed by atoms with E-state index in [-0.39, 0.29) is 26.4 Å². The summed E-state index contributed by atoms with van der Waals surface area (Å²) in [5.74, 6) is -0.0176. The Bertz CT molecular complexity index is 337. The molecule has 16 heavy (non-hydrogen) atoms. The number of esters is 1. The van der Waals surface area contributed by atoms with Crippen LogP contribution in [0.3, 0.4) is 0 Å². The highest BCUT2D eigenvalue weighted by atomic mass is 16.5. The molecule has 5 heteroatoms. The molecule has 0 aliphatic heterocycles. The van der Waals surface area contributed by atoms with E-state index < -0.39 is 5.97 Å². The van der Waals surface area contributed by atoms with Crippen LogP contribution < -0.4 is 4.74 Å². The van der Waals surface area contributed by atoms with E-state index in [1.165, 1.54) is 6.07 Å². The molecule has 0 aromatic heterocycles. The molecule has 0 bridgehead atoms. The first-order valence-electron chi connectivity index (χ1n) is 4.89. The molecule has 0 saturated heterocycles. The smallest absolute Gasteiger partial charge is 0.338 e. The van der Waals surface area contributed by atoms with Gasteiger partial charge >= 0.3 is 5.97 Å². The molecule has 0 heterocycles. The second kappa shape index (κ2) is 6.81. The van der Waals surface area contributed by atoms with Gasteiger partial charge in [-0.05, 0) is 18.2 Å². The van der Waals surface area contributed by atoms with Gasteiger partial charge in [0.15, 0.2) is 0 Å². The van der Waals surface area contributed by atoms with Crippen molar-refractivity contribution in [3.05, 3.63) is 29.8 Å². The third-order valence-electron chi connectivity index (χ3n) is 1.75.